The van der Waals surface area contributed by atoms with Crippen molar-refractivity contribution in [3.63, 3.8) is 0 Å². The van der Waals surface area contributed by atoms with Crippen LogP contribution in [0.15, 0.2) is 36.9 Å². The molecule has 1 saturated carbocycles. The van der Waals surface area contributed by atoms with Gasteiger partial charge in [0.05, 0.1) is 11.8 Å². The number of carbonyl (C=O) groups excluding carboxylic acids is 2. The molecule has 2 amide bonds. The number of rotatable bonds is 6. The summed E-state index contributed by atoms with van der Waals surface area (Å²) in [5, 5.41) is 18.4. The second-order valence-electron chi connectivity index (χ2n) is 6.24. The number of amides is 2. The fraction of sp³-hybridized carbons (Fsp3) is 0.353. The van der Waals surface area contributed by atoms with Crippen LogP contribution in [-0.2, 0) is 14.4 Å². The van der Waals surface area contributed by atoms with Crippen molar-refractivity contribution in [3.8, 4) is 0 Å². The molecule has 1 aromatic carbocycles. The van der Waals surface area contributed by atoms with Gasteiger partial charge in [0.1, 0.15) is 18.7 Å². The van der Waals surface area contributed by atoms with Crippen LogP contribution in [-0.4, -0.2) is 37.7 Å². The van der Waals surface area contributed by atoms with Crippen LogP contribution < -0.4 is 10.6 Å². The van der Waals surface area contributed by atoms with Gasteiger partial charge in [0, 0.05) is 11.4 Å². The van der Waals surface area contributed by atoms with E-state index in [1.165, 1.54) is 17.3 Å². The van der Waals surface area contributed by atoms with Crippen molar-refractivity contribution >= 4 is 29.2 Å². The standard InChI is InChI=1S/C17H19N5O4/c1-10(22-9-18-8-19-22)15(23)20-11-2-4-12(5-3-11)21-16(24)13-6-7-14(13)17(25)26/h2-5,8-10,13-14H,6-7H2,1H3,(H,20,23)(H,21,24)(H,25,26). The van der Waals surface area contributed by atoms with E-state index in [4.69, 9.17) is 5.11 Å². The Hall–Kier alpha value is -3.23. The third kappa shape index (κ3) is 3.71. The molecule has 1 aromatic heterocycles. The highest BCUT2D eigenvalue weighted by Gasteiger charge is 2.41. The third-order valence-electron chi connectivity index (χ3n) is 4.56. The second-order valence-corrected chi connectivity index (χ2v) is 6.24. The number of benzene rings is 1. The Morgan fingerprint density at radius 3 is 2.23 bits per heavy atom. The molecule has 1 heterocycles. The van der Waals surface area contributed by atoms with Gasteiger partial charge in [0.2, 0.25) is 11.8 Å². The monoisotopic (exact) mass is 357 g/mol. The number of hydrogen-bond acceptors (Lipinski definition) is 5. The lowest BCUT2D eigenvalue weighted by atomic mass is 9.73. The summed E-state index contributed by atoms with van der Waals surface area (Å²) in [7, 11) is 0. The highest BCUT2D eigenvalue weighted by Crippen LogP contribution is 2.35. The average molecular weight is 357 g/mol. The van der Waals surface area contributed by atoms with Crippen molar-refractivity contribution < 1.29 is 19.5 Å². The molecule has 3 unspecified atom stereocenters. The highest BCUT2D eigenvalue weighted by atomic mass is 16.4. The molecule has 0 saturated heterocycles. The number of carboxylic acid groups (broad SMARTS) is 1. The van der Waals surface area contributed by atoms with Crippen LogP contribution in [0.2, 0.25) is 0 Å². The number of aliphatic carboxylic acids is 1. The summed E-state index contributed by atoms with van der Waals surface area (Å²) in [4.78, 5) is 39.1. The third-order valence-corrected chi connectivity index (χ3v) is 4.56. The van der Waals surface area contributed by atoms with Crippen LogP contribution in [0.4, 0.5) is 11.4 Å². The molecule has 2 aromatic rings. The van der Waals surface area contributed by atoms with Crippen LogP contribution >= 0.6 is 0 Å². The van der Waals surface area contributed by atoms with Gasteiger partial charge < -0.3 is 15.7 Å². The van der Waals surface area contributed by atoms with E-state index in [-0.39, 0.29) is 11.8 Å². The number of nitrogens with one attached hydrogen (secondary N) is 2. The summed E-state index contributed by atoms with van der Waals surface area (Å²) in [6.45, 7) is 1.70. The van der Waals surface area contributed by atoms with E-state index in [0.717, 1.165) is 0 Å². The van der Waals surface area contributed by atoms with E-state index >= 15 is 0 Å². The van der Waals surface area contributed by atoms with Crippen LogP contribution in [0.5, 0.6) is 0 Å². The molecule has 9 heteroatoms. The zero-order valence-electron chi connectivity index (χ0n) is 14.1. The molecule has 1 aliphatic rings. The molecule has 1 aliphatic carbocycles. The number of carboxylic acids is 1. The minimum Gasteiger partial charge on any atom is -0.481 e. The molecular weight excluding hydrogens is 338 g/mol. The summed E-state index contributed by atoms with van der Waals surface area (Å²) in [6, 6.07) is 6.13. The first-order valence-corrected chi connectivity index (χ1v) is 8.24. The predicted molar refractivity (Wildman–Crippen MR) is 92.3 cm³/mol. The first-order chi connectivity index (χ1) is 12.5. The van der Waals surface area contributed by atoms with Crippen molar-refractivity contribution in [3.05, 3.63) is 36.9 Å². The molecule has 3 rings (SSSR count). The van der Waals surface area contributed by atoms with Gasteiger partial charge in [-0.15, -0.1) is 0 Å². The van der Waals surface area contributed by atoms with Crippen molar-refractivity contribution in [2.45, 2.75) is 25.8 Å². The Bertz CT molecular complexity index is 803. The number of hydrogen-bond donors (Lipinski definition) is 3. The van der Waals surface area contributed by atoms with Crippen LogP contribution in [0.1, 0.15) is 25.8 Å². The van der Waals surface area contributed by atoms with Gasteiger partial charge in [0.25, 0.3) is 0 Å². The lowest BCUT2D eigenvalue weighted by Gasteiger charge is -2.31. The second kappa shape index (κ2) is 7.34. The van der Waals surface area contributed by atoms with Crippen LogP contribution in [0.25, 0.3) is 0 Å². The average Bonchev–Trinajstić information content (AvgIpc) is 3.08. The van der Waals surface area contributed by atoms with E-state index < -0.39 is 23.8 Å². The Morgan fingerprint density at radius 1 is 1.12 bits per heavy atom. The van der Waals surface area contributed by atoms with Gasteiger partial charge >= 0.3 is 5.97 Å². The number of carbonyl (C=O) groups is 3. The van der Waals surface area contributed by atoms with E-state index in [1.54, 1.807) is 31.2 Å². The van der Waals surface area contributed by atoms with E-state index in [0.29, 0.717) is 24.2 Å². The maximum atomic E-state index is 12.2. The summed E-state index contributed by atoms with van der Waals surface area (Å²) in [6.07, 6.45) is 3.94. The van der Waals surface area contributed by atoms with Crippen molar-refractivity contribution in [2.75, 3.05) is 10.6 Å². The smallest absolute Gasteiger partial charge is 0.307 e. The Morgan fingerprint density at radius 2 is 1.73 bits per heavy atom. The van der Waals surface area contributed by atoms with Gasteiger partial charge in [-0.2, -0.15) is 5.10 Å². The molecule has 1 fully saturated rings. The fourth-order valence-electron chi connectivity index (χ4n) is 2.77. The SMILES string of the molecule is CC(C(=O)Nc1ccc(NC(=O)C2CCC2C(=O)O)cc1)n1cncn1. The number of nitrogens with zero attached hydrogens (tertiary/aromatic N) is 3. The van der Waals surface area contributed by atoms with E-state index in [9.17, 15) is 14.4 Å². The van der Waals surface area contributed by atoms with Crippen molar-refractivity contribution in [2.24, 2.45) is 11.8 Å². The summed E-state index contributed by atoms with van der Waals surface area (Å²) in [5.74, 6) is -2.57. The zero-order valence-corrected chi connectivity index (χ0v) is 14.1. The normalized spacial score (nSPS) is 19.9. The maximum absolute atomic E-state index is 12.2. The van der Waals surface area contributed by atoms with Crippen molar-refractivity contribution in [1.82, 2.24) is 14.8 Å². The fourth-order valence-corrected chi connectivity index (χ4v) is 2.77. The van der Waals surface area contributed by atoms with Crippen LogP contribution in [0.3, 0.4) is 0 Å². The lowest BCUT2D eigenvalue weighted by molar-refractivity contribution is -0.151. The molecule has 0 radical (unpaired) electrons. The Labute approximate surface area is 149 Å². The quantitative estimate of drug-likeness (QED) is 0.720. The summed E-state index contributed by atoms with van der Waals surface area (Å²) < 4.78 is 1.45. The topological polar surface area (TPSA) is 126 Å². The lowest BCUT2D eigenvalue weighted by Crippen LogP contribution is -2.41. The molecule has 0 aliphatic heterocycles. The number of anilines is 2. The first kappa shape index (κ1) is 17.6. The molecule has 26 heavy (non-hydrogen) atoms. The van der Waals surface area contributed by atoms with E-state index in [2.05, 4.69) is 20.7 Å². The Kier molecular flexibility index (Phi) is 4.97. The predicted octanol–water partition coefficient (Wildman–Crippen LogP) is 1.53. The van der Waals surface area contributed by atoms with Crippen molar-refractivity contribution in [1.29, 1.82) is 0 Å². The minimum atomic E-state index is -0.934. The van der Waals surface area contributed by atoms with Gasteiger partial charge in [0.15, 0.2) is 0 Å². The molecule has 3 N–H and O–H groups in total. The van der Waals surface area contributed by atoms with Gasteiger partial charge in [-0.05, 0) is 44.0 Å². The molecule has 3 atom stereocenters. The largest absolute Gasteiger partial charge is 0.481 e. The summed E-state index contributed by atoms with van der Waals surface area (Å²) >= 11 is 0. The van der Waals surface area contributed by atoms with Gasteiger partial charge in [-0.1, -0.05) is 0 Å². The molecular formula is C17H19N5O4. The van der Waals surface area contributed by atoms with Gasteiger partial charge in [-0.3, -0.25) is 14.4 Å². The zero-order chi connectivity index (χ0) is 18.7. The molecule has 9 nitrogen and oxygen atoms in total. The molecule has 136 valence electrons. The molecule has 0 spiro atoms. The summed E-state index contributed by atoms with van der Waals surface area (Å²) in [5.41, 5.74) is 1.13. The van der Waals surface area contributed by atoms with Crippen LogP contribution in [0, 0.1) is 11.8 Å². The number of aromatic nitrogens is 3. The van der Waals surface area contributed by atoms with E-state index in [1.807, 2.05) is 0 Å². The highest BCUT2D eigenvalue weighted by molar-refractivity contribution is 5.97. The molecule has 0 bridgehead atoms. The van der Waals surface area contributed by atoms with Gasteiger partial charge in [-0.25, -0.2) is 9.67 Å². The Balaban J connectivity index is 1.56. The minimum absolute atomic E-state index is 0.244. The first-order valence-electron chi connectivity index (χ1n) is 8.24. The maximum Gasteiger partial charge on any atom is 0.307 e.